The molecule has 15 heavy (non-hydrogen) atoms. The Balaban J connectivity index is 2.10. The molecule has 88 valence electrons. The van der Waals surface area contributed by atoms with Gasteiger partial charge in [-0.2, -0.15) is 11.8 Å². The first-order valence-corrected chi connectivity index (χ1v) is 6.63. The molecule has 0 spiro atoms. The number of amides is 1. The zero-order valence-corrected chi connectivity index (χ0v) is 10.5. The summed E-state index contributed by atoms with van der Waals surface area (Å²) in [5.41, 5.74) is 0. The van der Waals surface area contributed by atoms with E-state index in [1.54, 1.807) is 0 Å². The summed E-state index contributed by atoms with van der Waals surface area (Å²) < 4.78 is 5.42. The maximum absolute atomic E-state index is 11.4. The van der Waals surface area contributed by atoms with Gasteiger partial charge in [-0.1, -0.05) is 6.92 Å². The molecule has 0 bridgehead atoms. The molecule has 0 aromatic carbocycles. The smallest absolute Gasteiger partial charge is 0.246 e. The van der Waals surface area contributed by atoms with Gasteiger partial charge in [0.2, 0.25) is 5.91 Å². The van der Waals surface area contributed by atoms with Crippen LogP contribution in [-0.2, 0) is 9.53 Å². The van der Waals surface area contributed by atoms with Crippen molar-refractivity contribution in [3.05, 3.63) is 0 Å². The second-order valence-electron chi connectivity index (χ2n) is 4.23. The molecule has 1 fully saturated rings. The predicted molar refractivity (Wildman–Crippen MR) is 64.2 cm³/mol. The normalized spacial score (nSPS) is 25.5. The Hall–Kier alpha value is -0.220. The largest absolute Gasteiger partial charge is 0.372 e. The Morgan fingerprint density at radius 2 is 2.40 bits per heavy atom. The second kappa shape index (κ2) is 6.38. The lowest BCUT2D eigenvalue weighted by Crippen LogP contribution is -2.38. The molecular formula is C11H21NO2S. The lowest BCUT2D eigenvalue weighted by molar-refractivity contribution is -0.125. The van der Waals surface area contributed by atoms with E-state index in [0.29, 0.717) is 6.61 Å². The van der Waals surface area contributed by atoms with E-state index >= 15 is 0 Å². The summed E-state index contributed by atoms with van der Waals surface area (Å²) in [6.07, 6.45) is 3.43. The minimum Gasteiger partial charge on any atom is -0.372 e. The first-order chi connectivity index (χ1) is 7.16. The summed E-state index contributed by atoms with van der Waals surface area (Å²) in [6, 6.07) is 0. The first-order valence-electron chi connectivity index (χ1n) is 5.65. The number of carbonyl (C=O) groups excluding carboxylic acids is 1. The summed E-state index contributed by atoms with van der Waals surface area (Å²) in [6.45, 7) is 5.89. The van der Waals surface area contributed by atoms with E-state index in [-0.39, 0.29) is 17.3 Å². The summed E-state index contributed by atoms with van der Waals surface area (Å²) in [7, 11) is 0. The summed E-state index contributed by atoms with van der Waals surface area (Å²) >= 11 is 1.96. The molecule has 3 nitrogen and oxygen atoms in total. The van der Waals surface area contributed by atoms with E-state index in [9.17, 15) is 4.79 Å². The molecule has 1 N–H and O–H groups in total. The molecule has 1 unspecified atom stereocenters. The van der Waals surface area contributed by atoms with Crippen LogP contribution >= 0.6 is 11.8 Å². The van der Waals surface area contributed by atoms with E-state index in [1.165, 1.54) is 18.6 Å². The Morgan fingerprint density at radius 3 is 3.00 bits per heavy atom. The maximum Gasteiger partial charge on any atom is 0.246 e. The standard InChI is InChI=1S/C11H21NO2S/c1-3-6-14-8-10(13)12-9-11(2)5-4-7-15-11/h3-9H2,1-2H3,(H,12,13). The maximum atomic E-state index is 11.4. The average Bonchev–Trinajstić information content (AvgIpc) is 2.64. The molecule has 0 saturated carbocycles. The summed E-state index contributed by atoms with van der Waals surface area (Å²) in [5.74, 6) is 1.23. The van der Waals surface area contributed by atoms with Crippen LogP contribution in [0.4, 0.5) is 0 Å². The highest BCUT2D eigenvalue weighted by atomic mass is 32.2. The third-order valence-corrected chi connectivity index (χ3v) is 4.08. The Morgan fingerprint density at radius 1 is 1.60 bits per heavy atom. The molecule has 1 heterocycles. The minimum atomic E-state index is 0.0113. The second-order valence-corrected chi connectivity index (χ2v) is 5.91. The van der Waals surface area contributed by atoms with Crippen LogP contribution in [0.3, 0.4) is 0 Å². The van der Waals surface area contributed by atoms with Gasteiger partial charge in [-0.3, -0.25) is 4.79 Å². The van der Waals surface area contributed by atoms with Gasteiger partial charge in [0.1, 0.15) is 6.61 Å². The molecule has 1 rings (SSSR count). The van der Waals surface area contributed by atoms with Crippen LogP contribution in [0.25, 0.3) is 0 Å². The highest BCUT2D eigenvalue weighted by molar-refractivity contribution is 8.00. The summed E-state index contributed by atoms with van der Waals surface area (Å²) in [4.78, 5) is 11.4. The molecule has 1 amide bonds. The molecule has 0 aromatic heterocycles. The van der Waals surface area contributed by atoms with Crippen molar-refractivity contribution in [2.45, 2.75) is 37.9 Å². The van der Waals surface area contributed by atoms with Crippen molar-refractivity contribution in [2.75, 3.05) is 25.5 Å². The van der Waals surface area contributed by atoms with Crippen molar-refractivity contribution in [2.24, 2.45) is 0 Å². The zero-order valence-electron chi connectivity index (χ0n) is 9.67. The highest BCUT2D eigenvalue weighted by Gasteiger charge is 2.29. The molecule has 1 saturated heterocycles. The van der Waals surface area contributed by atoms with E-state index in [0.717, 1.165) is 13.0 Å². The van der Waals surface area contributed by atoms with Crippen LogP contribution in [0.15, 0.2) is 0 Å². The number of nitrogens with one attached hydrogen (secondary N) is 1. The molecule has 1 aliphatic heterocycles. The zero-order chi connectivity index (χ0) is 11.1. The van der Waals surface area contributed by atoms with Crippen LogP contribution in [0.2, 0.25) is 0 Å². The van der Waals surface area contributed by atoms with Gasteiger partial charge in [0.05, 0.1) is 0 Å². The van der Waals surface area contributed by atoms with Crippen LogP contribution in [0.5, 0.6) is 0 Å². The van der Waals surface area contributed by atoms with Crippen molar-refractivity contribution in [3.63, 3.8) is 0 Å². The number of hydrogen-bond acceptors (Lipinski definition) is 3. The van der Waals surface area contributed by atoms with Crippen molar-refractivity contribution >= 4 is 17.7 Å². The SMILES string of the molecule is CCCOCC(=O)NCC1(C)CCCS1. The quantitative estimate of drug-likeness (QED) is 0.709. The van der Waals surface area contributed by atoms with Crippen molar-refractivity contribution in [1.82, 2.24) is 5.32 Å². The Labute approximate surface area is 96.3 Å². The van der Waals surface area contributed by atoms with Gasteiger partial charge in [0, 0.05) is 17.9 Å². The van der Waals surface area contributed by atoms with Gasteiger partial charge in [0.25, 0.3) is 0 Å². The number of carbonyl (C=O) groups is 1. The monoisotopic (exact) mass is 231 g/mol. The van der Waals surface area contributed by atoms with E-state index in [1.807, 2.05) is 18.7 Å². The van der Waals surface area contributed by atoms with Gasteiger partial charge in [-0.05, 0) is 31.9 Å². The molecule has 0 aliphatic carbocycles. The van der Waals surface area contributed by atoms with Gasteiger partial charge in [0.15, 0.2) is 0 Å². The van der Waals surface area contributed by atoms with Gasteiger partial charge >= 0.3 is 0 Å². The van der Waals surface area contributed by atoms with Gasteiger partial charge < -0.3 is 10.1 Å². The topological polar surface area (TPSA) is 38.3 Å². The van der Waals surface area contributed by atoms with Gasteiger partial charge in [-0.15, -0.1) is 0 Å². The number of ether oxygens (including phenoxy) is 1. The predicted octanol–water partition coefficient (Wildman–Crippen LogP) is 1.81. The van der Waals surface area contributed by atoms with Crippen molar-refractivity contribution in [3.8, 4) is 0 Å². The minimum absolute atomic E-state index is 0.0113. The van der Waals surface area contributed by atoms with Crippen LogP contribution < -0.4 is 5.32 Å². The Kier molecular flexibility index (Phi) is 5.47. The fourth-order valence-electron chi connectivity index (χ4n) is 1.62. The molecule has 0 aromatic rings. The van der Waals surface area contributed by atoms with Crippen LogP contribution in [0.1, 0.15) is 33.1 Å². The first kappa shape index (κ1) is 12.8. The average molecular weight is 231 g/mol. The fraction of sp³-hybridized carbons (Fsp3) is 0.909. The van der Waals surface area contributed by atoms with Crippen LogP contribution in [0, 0.1) is 0 Å². The fourth-order valence-corrected chi connectivity index (χ4v) is 2.87. The molecule has 0 radical (unpaired) electrons. The molecule has 1 atom stereocenters. The van der Waals surface area contributed by atoms with E-state index < -0.39 is 0 Å². The van der Waals surface area contributed by atoms with Crippen molar-refractivity contribution < 1.29 is 9.53 Å². The molecule has 1 aliphatic rings. The van der Waals surface area contributed by atoms with E-state index in [4.69, 9.17) is 4.74 Å². The number of hydrogen-bond donors (Lipinski definition) is 1. The molecule has 4 heteroatoms. The third-order valence-electron chi connectivity index (χ3n) is 2.54. The number of thioether (sulfide) groups is 1. The summed E-state index contributed by atoms with van der Waals surface area (Å²) in [5, 5.41) is 2.94. The molecular weight excluding hydrogens is 210 g/mol. The highest BCUT2D eigenvalue weighted by Crippen LogP contribution is 2.36. The lowest BCUT2D eigenvalue weighted by Gasteiger charge is -2.22. The lowest BCUT2D eigenvalue weighted by atomic mass is 10.1. The van der Waals surface area contributed by atoms with Gasteiger partial charge in [-0.25, -0.2) is 0 Å². The number of rotatable bonds is 6. The van der Waals surface area contributed by atoms with Crippen molar-refractivity contribution in [1.29, 1.82) is 0 Å². The Bertz CT molecular complexity index is 203. The third kappa shape index (κ3) is 4.89. The van der Waals surface area contributed by atoms with E-state index in [2.05, 4.69) is 12.2 Å². The van der Waals surface area contributed by atoms with Crippen LogP contribution in [-0.4, -0.2) is 36.2 Å².